The quantitative estimate of drug-likeness (QED) is 0.837. The van der Waals surface area contributed by atoms with Crippen LogP contribution in [0.25, 0.3) is 0 Å². The first kappa shape index (κ1) is 12.4. The van der Waals surface area contributed by atoms with Crippen LogP contribution in [0.3, 0.4) is 0 Å². The summed E-state index contributed by atoms with van der Waals surface area (Å²) in [5, 5.41) is 12.1. The van der Waals surface area contributed by atoms with Gasteiger partial charge in [-0.05, 0) is 42.6 Å². The molecular formula is C12H14F3NO. The van der Waals surface area contributed by atoms with Gasteiger partial charge in [0.05, 0.1) is 5.56 Å². The average molecular weight is 245 g/mol. The van der Waals surface area contributed by atoms with Crippen LogP contribution in [-0.2, 0) is 12.6 Å². The number of hydrogen-bond donors (Lipinski definition) is 2. The largest absolute Gasteiger partial charge is 0.416 e. The van der Waals surface area contributed by atoms with E-state index in [1.54, 1.807) is 0 Å². The molecule has 1 aromatic rings. The van der Waals surface area contributed by atoms with Gasteiger partial charge in [0.15, 0.2) is 0 Å². The van der Waals surface area contributed by atoms with Crippen molar-refractivity contribution in [3.8, 4) is 0 Å². The predicted molar refractivity (Wildman–Crippen MR) is 57.6 cm³/mol. The lowest BCUT2D eigenvalue weighted by Gasteiger charge is -2.27. The minimum atomic E-state index is -4.29. The Labute approximate surface area is 97.5 Å². The topological polar surface area (TPSA) is 32.3 Å². The fourth-order valence-corrected chi connectivity index (χ4v) is 2.22. The second kappa shape index (κ2) is 4.66. The highest BCUT2D eigenvalue weighted by molar-refractivity contribution is 5.37. The molecule has 0 fully saturated rings. The minimum absolute atomic E-state index is 0.0259. The van der Waals surface area contributed by atoms with Crippen molar-refractivity contribution in [1.82, 2.24) is 5.32 Å². The van der Waals surface area contributed by atoms with E-state index in [1.165, 1.54) is 12.1 Å². The molecule has 0 aliphatic carbocycles. The first-order valence-electron chi connectivity index (χ1n) is 5.56. The molecule has 1 aliphatic rings. The van der Waals surface area contributed by atoms with Crippen molar-refractivity contribution in [2.45, 2.75) is 25.1 Å². The molecule has 0 saturated carbocycles. The Morgan fingerprint density at radius 3 is 2.76 bits per heavy atom. The molecule has 2 N–H and O–H groups in total. The van der Waals surface area contributed by atoms with E-state index in [4.69, 9.17) is 5.11 Å². The highest BCUT2D eigenvalue weighted by Crippen LogP contribution is 2.33. The summed E-state index contributed by atoms with van der Waals surface area (Å²) in [6.45, 7) is 0.678. The number of aliphatic hydroxyl groups is 1. The normalized spacial score (nSPS) is 20.1. The molecule has 0 bridgehead atoms. The molecule has 2 rings (SSSR count). The summed E-state index contributed by atoms with van der Waals surface area (Å²) >= 11 is 0. The summed E-state index contributed by atoms with van der Waals surface area (Å²) in [5.74, 6) is 0. The third kappa shape index (κ3) is 2.61. The van der Waals surface area contributed by atoms with Crippen LogP contribution in [0.5, 0.6) is 0 Å². The molecule has 2 nitrogen and oxygen atoms in total. The number of benzene rings is 1. The zero-order valence-electron chi connectivity index (χ0n) is 9.22. The Morgan fingerprint density at radius 2 is 2.12 bits per heavy atom. The van der Waals surface area contributed by atoms with Gasteiger partial charge >= 0.3 is 6.18 Å². The van der Waals surface area contributed by atoms with Crippen molar-refractivity contribution in [2.24, 2.45) is 0 Å². The molecule has 1 heterocycles. The Kier molecular flexibility index (Phi) is 3.40. The molecule has 1 unspecified atom stereocenters. The van der Waals surface area contributed by atoms with Crippen molar-refractivity contribution >= 4 is 0 Å². The van der Waals surface area contributed by atoms with Crippen LogP contribution in [-0.4, -0.2) is 18.3 Å². The van der Waals surface area contributed by atoms with Crippen LogP contribution >= 0.6 is 0 Å². The van der Waals surface area contributed by atoms with Crippen molar-refractivity contribution in [2.75, 3.05) is 13.2 Å². The maximum atomic E-state index is 12.5. The Balaban J connectivity index is 2.33. The molecule has 0 amide bonds. The maximum Gasteiger partial charge on any atom is 0.416 e. The number of hydrogen-bond acceptors (Lipinski definition) is 2. The first-order valence-corrected chi connectivity index (χ1v) is 5.56. The number of rotatable bonds is 2. The van der Waals surface area contributed by atoms with Crippen molar-refractivity contribution in [3.05, 3.63) is 34.9 Å². The van der Waals surface area contributed by atoms with Crippen LogP contribution in [0.2, 0.25) is 0 Å². The van der Waals surface area contributed by atoms with E-state index in [1.807, 2.05) is 0 Å². The van der Waals surface area contributed by atoms with Gasteiger partial charge in [0, 0.05) is 12.6 Å². The van der Waals surface area contributed by atoms with Crippen LogP contribution < -0.4 is 5.32 Å². The van der Waals surface area contributed by atoms with Gasteiger partial charge < -0.3 is 10.4 Å². The molecule has 0 aromatic heterocycles. The third-order valence-corrected chi connectivity index (χ3v) is 3.05. The summed E-state index contributed by atoms with van der Waals surface area (Å²) in [6.07, 6.45) is -3.16. The van der Waals surface area contributed by atoms with E-state index in [2.05, 4.69) is 5.32 Å². The van der Waals surface area contributed by atoms with Gasteiger partial charge in [0.1, 0.15) is 0 Å². The molecule has 1 aliphatic heterocycles. The monoisotopic (exact) mass is 245 g/mol. The summed E-state index contributed by atoms with van der Waals surface area (Å²) < 4.78 is 37.6. The maximum absolute atomic E-state index is 12.5. The van der Waals surface area contributed by atoms with Gasteiger partial charge in [-0.2, -0.15) is 13.2 Å². The van der Waals surface area contributed by atoms with Gasteiger partial charge in [-0.1, -0.05) is 6.07 Å². The zero-order chi connectivity index (χ0) is 12.5. The lowest BCUT2D eigenvalue weighted by Crippen LogP contribution is -2.30. The number of alkyl halides is 3. The van der Waals surface area contributed by atoms with E-state index < -0.39 is 11.7 Å². The fraction of sp³-hybridized carbons (Fsp3) is 0.500. The van der Waals surface area contributed by atoms with Crippen LogP contribution in [0.1, 0.15) is 29.2 Å². The number of aliphatic hydroxyl groups excluding tert-OH is 1. The van der Waals surface area contributed by atoms with Crippen molar-refractivity contribution in [1.29, 1.82) is 0 Å². The van der Waals surface area contributed by atoms with Gasteiger partial charge in [-0.25, -0.2) is 0 Å². The molecule has 0 radical (unpaired) electrons. The standard InChI is InChI=1S/C12H14F3NO/c13-12(14,15)9-1-2-10-8(7-9)3-5-16-11(10)4-6-17/h1-2,7,11,16-17H,3-6H2. The van der Waals surface area contributed by atoms with Gasteiger partial charge in [-0.15, -0.1) is 0 Å². The third-order valence-electron chi connectivity index (χ3n) is 3.05. The Hall–Kier alpha value is -1.07. The molecule has 0 saturated heterocycles. The molecule has 1 aromatic carbocycles. The lowest BCUT2D eigenvalue weighted by atomic mass is 9.91. The van der Waals surface area contributed by atoms with Crippen molar-refractivity contribution < 1.29 is 18.3 Å². The molecular weight excluding hydrogens is 231 g/mol. The summed E-state index contributed by atoms with van der Waals surface area (Å²) in [7, 11) is 0. The van der Waals surface area contributed by atoms with E-state index in [9.17, 15) is 13.2 Å². The second-order valence-corrected chi connectivity index (χ2v) is 4.18. The first-order chi connectivity index (χ1) is 8.02. The Bertz CT molecular complexity index is 403. The summed E-state index contributed by atoms with van der Waals surface area (Å²) in [6, 6.07) is 3.81. The lowest BCUT2D eigenvalue weighted by molar-refractivity contribution is -0.137. The summed E-state index contributed by atoms with van der Waals surface area (Å²) in [4.78, 5) is 0. The van der Waals surface area contributed by atoms with Crippen LogP contribution in [0, 0.1) is 0 Å². The SMILES string of the molecule is OCCC1NCCc2cc(C(F)(F)F)ccc21. The number of fused-ring (bicyclic) bond motifs is 1. The predicted octanol–water partition coefficient (Wildman–Crippen LogP) is 2.27. The fourth-order valence-electron chi connectivity index (χ4n) is 2.22. The van der Waals surface area contributed by atoms with Crippen molar-refractivity contribution in [3.63, 3.8) is 0 Å². The molecule has 5 heteroatoms. The molecule has 1 atom stereocenters. The van der Waals surface area contributed by atoms with Crippen LogP contribution in [0.15, 0.2) is 18.2 Å². The smallest absolute Gasteiger partial charge is 0.396 e. The minimum Gasteiger partial charge on any atom is -0.396 e. The van der Waals surface area contributed by atoms with Gasteiger partial charge in [-0.3, -0.25) is 0 Å². The van der Waals surface area contributed by atoms with Gasteiger partial charge in [0.25, 0.3) is 0 Å². The summed E-state index contributed by atoms with van der Waals surface area (Å²) in [5.41, 5.74) is 1.01. The zero-order valence-corrected chi connectivity index (χ0v) is 9.22. The van der Waals surface area contributed by atoms with E-state index >= 15 is 0 Å². The van der Waals surface area contributed by atoms with Crippen LogP contribution in [0.4, 0.5) is 13.2 Å². The average Bonchev–Trinajstić information content (AvgIpc) is 2.28. The molecule has 94 valence electrons. The molecule has 0 spiro atoms. The van der Waals surface area contributed by atoms with E-state index in [0.29, 0.717) is 19.4 Å². The van der Waals surface area contributed by atoms with E-state index in [0.717, 1.165) is 17.2 Å². The van der Waals surface area contributed by atoms with E-state index in [-0.39, 0.29) is 12.6 Å². The second-order valence-electron chi connectivity index (χ2n) is 4.18. The molecule has 17 heavy (non-hydrogen) atoms. The highest BCUT2D eigenvalue weighted by Gasteiger charge is 2.32. The Morgan fingerprint density at radius 1 is 1.35 bits per heavy atom. The number of nitrogens with one attached hydrogen (secondary N) is 1. The highest BCUT2D eigenvalue weighted by atomic mass is 19.4. The van der Waals surface area contributed by atoms with Gasteiger partial charge in [0.2, 0.25) is 0 Å². The number of halogens is 3.